The number of methoxy groups -OCH3 is 1. The van der Waals surface area contributed by atoms with Crippen LogP contribution in [0.1, 0.15) is 34.3 Å². The number of amides is 1. The second kappa shape index (κ2) is 10.3. The van der Waals surface area contributed by atoms with Crippen LogP contribution in [0.4, 0.5) is 5.69 Å². The highest BCUT2D eigenvalue weighted by molar-refractivity contribution is 7.92. The van der Waals surface area contributed by atoms with Gasteiger partial charge in [-0.25, -0.2) is 8.42 Å². The lowest BCUT2D eigenvalue weighted by Gasteiger charge is -2.24. The summed E-state index contributed by atoms with van der Waals surface area (Å²) in [5, 5.41) is 2.96. The molecule has 6 nitrogen and oxygen atoms in total. The van der Waals surface area contributed by atoms with Gasteiger partial charge in [-0.3, -0.25) is 9.10 Å². The van der Waals surface area contributed by atoms with Gasteiger partial charge in [-0.05, 0) is 41.3 Å². The van der Waals surface area contributed by atoms with E-state index in [4.69, 9.17) is 4.74 Å². The van der Waals surface area contributed by atoms with Crippen LogP contribution in [-0.4, -0.2) is 34.2 Å². The van der Waals surface area contributed by atoms with Gasteiger partial charge < -0.3 is 10.1 Å². The number of nitrogens with one attached hydrogen (secondary N) is 1. The van der Waals surface area contributed by atoms with E-state index in [2.05, 4.69) is 12.2 Å². The highest BCUT2D eigenvalue weighted by Gasteiger charge is 2.21. The summed E-state index contributed by atoms with van der Waals surface area (Å²) in [5.74, 6) is 0.508. The summed E-state index contributed by atoms with van der Waals surface area (Å²) in [7, 11) is -2.04. The second-order valence-corrected chi connectivity index (χ2v) is 9.57. The molecule has 3 aromatic carbocycles. The lowest BCUT2D eigenvalue weighted by Crippen LogP contribution is -2.30. The summed E-state index contributed by atoms with van der Waals surface area (Å²) < 4.78 is 31.5. The zero-order valence-electron chi connectivity index (χ0n) is 18.5. The van der Waals surface area contributed by atoms with Crippen LogP contribution in [0, 0.1) is 0 Å². The molecule has 1 amide bonds. The monoisotopic (exact) mass is 452 g/mol. The Labute approximate surface area is 189 Å². The first-order valence-corrected chi connectivity index (χ1v) is 12.2. The number of rotatable bonds is 9. The molecule has 7 heteroatoms. The van der Waals surface area contributed by atoms with E-state index in [0.29, 0.717) is 23.5 Å². The lowest BCUT2D eigenvalue weighted by molar-refractivity contribution is 0.0951. The van der Waals surface area contributed by atoms with Crippen LogP contribution in [0.15, 0.2) is 78.9 Å². The van der Waals surface area contributed by atoms with Crippen molar-refractivity contribution in [1.29, 1.82) is 0 Å². The smallest absolute Gasteiger partial charge is 0.251 e. The standard InChI is InChI=1S/C25H28N2O4S/c1-19(21-9-5-4-6-10-21)17-26-25(28)22-15-13-20(14-16-22)18-27(32(3,29)30)23-11-7-8-12-24(23)31-2/h4-16,19H,17-18H2,1-3H3,(H,26,28)/t19-/m0/s1. The number of carbonyl (C=O) groups is 1. The molecule has 0 saturated heterocycles. The molecule has 168 valence electrons. The molecule has 1 atom stereocenters. The first-order valence-electron chi connectivity index (χ1n) is 10.3. The van der Waals surface area contributed by atoms with Gasteiger partial charge in [-0.15, -0.1) is 0 Å². The topological polar surface area (TPSA) is 75.7 Å². The van der Waals surface area contributed by atoms with Gasteiger partial charge >= 0.3 is 0 Å². The van der Waals surface area contributed by atoms with Crippen LogP contribution in [0.3, 0.4) is 0 Å². The van der Waals surface area contributed by atoms with Gasteiger partial charge in [-0.1, -0.05) is 61.5 Å². The SMILES string of the molecule is COc1ccccc1N(Cc1ccc(C(=O)NC[C@H](C)c2ccccc2)cc1)S(C)(=O)=O. The molecule has 0 aromatic heterocycles. The molecule has 0 heterocycles. The van der Waals surface area contributed by atoms with E-state index in [1.165, 1.54) is 17.0 Å². The summed E-state index contributed by atoms with van der Waals surface area (Å²) >= 11 is 0. The molecular weight excluding hydrogens is 424 g/mol. The van der Waals surface area contributed by atoms with Crippen molar-refractivity contribution in [2.24, 2.45) is 0 Å². The molecule has 0 aliphatic rings. The summed E-state index contributed by atoms with van der Waals surface area (Å²) in [5.41, 5.74) is 2.92. The Balaban J connectivity index is 1.69. The maximum Gasteiger partial charge on any atom is 0.251 e. The third-order valence-corrected chi connectivity index (χ3v) is 6.36. The normalized spacial score (nSPS) is 12.1. The first-order chi connectivity index (χ1) is 15.3. The van der Waals surface area contributed by atoms with Crippen LogP contribution in [0.25, 0.3) is 0 Å². The van der Waals surface area contributed by atoms with Crippen molar-refractivity contribution in [3.63, 3.8) is 0 Å². The highest BCUT2D eigenvalue weighted by atomic mass is 32.2. The van der Waals surface area contributed by atoms with Crippen LogP contribution >= 0.6 is 0 Å². The molecule has 0 fully saturated rings. The molecule has 1 N–H and O–H groups in total. The molecule has 0 aliphatic heterocycles. The number of sulfonamides is 1. The quantitative estimate of drug-likeness (QED) is 0.528. The van der Waals surface area contributed by atoms with E-state index in [1.54, 1.807) is 48.5 Å². The van der Waals surface area contributed by atoms with Gasteiger partial charge in [0.25, 0.3) is 5.91 Å². The van der Waals surface area contributed by atoms with Crippen LogP contribution in [0.2, 0.25) is 0 Å². The predicted octanol–water partition coefficient (Wildman–Crippen LogP) is 4.19. The third-order valence-electron chi connectivity index (χ3n) is 5.23. The average Bonchev–Trinajstić information content (AvgIpc) is 2.81. The lowest BCUT2D eigenvalue weighted by atomic mass is 10.0. The Bertz CT molecular complexity index is 1150. The molecular formula is C25H28N2O4S. The summed E-state index contributed by atoms with van der Waals surface area (Å²) in [4.78, 5) is 12.5. The molecule has 3 rings (SSSR count). The van der Waals surface area contributed by atoms with Crippen molar-refractivity contribution in [2.75, 3.05) is 24.2 Å². The number of carbonyl (C=O) groups excluding carboxylic acids is 1. The third kappa shape index (κ3) is 5.88. The number of benzene rings is 3. The number of hydrogen-bond acceptors (Lipinski definition) is 4. The minimum absolute atomic E-state index is 0.131. The maximum absolute atomic E-state index is 12.5. The fraction of sp³-hybridized carbons (Fsp3) is 0.240. The second-order valence-electron chi connectivity index (χ2n) is 7.66. The van der Waals surface area contributed by atoms with Gasteiger partial charge in [0.05, 0.1) is 25.6 Å². The number of nitrogens with zero attached hydrogens (tertiary/aromatic N) is 1. The van der Waals surface area contributed by atoms with E-state index in [9.17, 15) is 13.2 Å². The van der Waals surface area contributed by atoms with Gasteiger partial charge in [0.1, 0.15) is 5.75 Å². The van der Waals surface area contributed by atoms with Crippen molar-refractivity contribution in [3.05, 3.63) is 95.6 Å². The molecule has 0 aliphatic carbocycles. The summed E-state index contributed by atoms with van der Waals surface area (Å²) in [6, 6.07) is 23.9. The Morgan fingerprint density at radius 3 is 2.22 bits per heavy atom. The number of para-hydroxylation sites is 2. The number of ether oxygens (including phenoxy) is 1. The van der Waals surface area contributed by atoms with Crippen molar-refractivity contribution in [1.82, 2.24) is 5.32 Å². The molecule has 32 heavy (non-hydrogen) atoms. The number of hydrogen-bond donors (Lipinski definition) is 1. The average molecular weight is 453 g/mol. The van der Waals surface area contributed by atoms with Crippen molar-refractivity contribution in [2.45, 2.75) is 19.4 Å². The minimum atomic E-state index is -3.55. The molecule has 0 saturated carbocycles. The Morgan fingerprint density at radius 1 is 0.969 bits per heavy atom. The largest absolute Gasteiger partial charge is 0.495 e. The van der Waals surface area contributed by atoms with Gasteiger partial charge in [-0.2, -0.15) is 0 Å². The van der Waals surface area contributed by atoms with Crippen molar-refractivity contribution >= 4 is 21.6 Å². The highest BCUT2D eigenvalue weighted by Crippen LogP contribution is 2.30. The predicted molar refractivity (Wildman–Crippen MR) is 128 cm³/mol. The Morgan fingerprint density at radius 2 is 1.59 bits per heavy atom. The summed E-state index contributed by atoms with van der Waals surface area (Å²) in [6.07, 6.45) is 1.16. The van der Waals surface area contributed by atoms with E-state index >= 15 is 0 Å². The van der Waals surface area contributed by atoms with E-state index in [0.717, 1.165) is 11.8 Å². The fourth-order valence-electron chi connectivity index (χ4n) is 3.39. The van der Waals surface area contributed by atoms with Crippen LogP contribution in [-0.2, 0) is 16.6 Å². The van der Waals surface area contributed by atoms with E-state index in [1.807, 2.05) is 30.3 Å². The van der Waals surface area contributed by atoms with E-state index in [-0.39, 0.29) is 18.4 Å². The zero-order valence-corrected chi connectivity index (χ0v) is 19.3. The van der Waals surface area contributed by atoms with Gasteiger partial charge in [0.15, 0.2) is 0 Å². The van der Waals surface area contributed by atoms with Crippen molar-refractivity contribution < 1.29 is 17.9 Å². The summed E-state index contributed by atoms with van der Waals surface area (Å²) in [6.45, 7) is 2.72. The molecule has 0 unspecified atom stereocenters. The maximum atomic E-state index is 12.5. The Hall–Kier alpha value is -3.32. The van der Waals surface area contributed by atoms with Crippen LogP contribution < -0.4 is 14.4 Å². The molecule has 0 radical (unpaired) electrons. The Kier molecular flexibility index (Phi) is 7.53. The first kappa shape index (κ1) is 23.3. The number of anilines is 1. The molecule has 0 spiro atoms. The fourth-order valence-corrected chi connectivity index (χ4v) is 4.28. The van der Waals surface area contributed by atoms with E-state index < -0.39 is 10.0 Å². The van der Waals surface area contributed by atoms with Crippen LogP contribution in [0.5, 0.6) is 5.75 Å². The molecule has 3 aromatic rings. The van der Waals surface area contributed by atoms with Gasteiger partial charge in [0, 0.05) is 12.1 Å². The van der Waals surface area contributed by atoms with Gasteiger partial charge in [0.2, 0.25) is 10.0 Å². The van der Waals surface area contributed by atoms with Crippen molar-refractivity contribution in [3.8, 4) is 5.75 Å². The molecule has 0 bridgehead atoms. The zero-order chi connectivity index (χ0) is 23.1. The minimum Gasteiger partial charge on any atom is -0.495 e.